The van der Waals surface area contributed by atoms with Crippen molar-refractivity contribution < 1.29 is 18.3 Å². The van der Waals surface area contributed by atoms with E-state index in [-0.39, 0.29) is 0 Å². The lowest BCUT2D eigenvalue weighted by atomic mass is 11.5. The van der Waals surface area contributed by atoms with Crippen molar-refractivity contribution in [1.82, 2.24) is 0 Å². The Morgan fingerprint density at radius 3 is 1.82 bits per heavy atom. The molecular weight excluding hydrogens is 187 g/mol. The van der Waals surface area contributed by atoms with Crippen LogP contribution in [0.15, 0.2) is 0 Å². The molecule has 0 spiro atoms. The lowest BCUT2D eigenvalue weighted by Gasteiger charge is -2.20. The van der Waals surface area contributed by atoms with Gasteiger partial charge in [0.15, 0.2) is 0 Å². The van der Waals surface area contributed by atoms with Gasteiger partial charge in [0, 0.05) is 21.3 Å². The summed E-state index contributed by atoms with van der Waals surface area (Å²) < 4.78 is 25.9. The van der Waals surface area contributed by atoms with Gasteiger partial charge in [0.1, 0.15) is 0 Å². The Bertz CT molecular complexity index is 139. The molecule has 0 aliphatic heterocycles. The minimum Gasteiger partial charge on any atom is -0.359 e. The molecule has 0 aliphatic rings. The molecule has 1 atom stereocenters. The summed E-state index contributed by atoms with van der Waals surface area (Å²) in [7, 11) is 1.09. The molecule has 6 heteroatoms. The van der Waals surface area contributed by atoms with Gasteiger partial charge < -0.3 is 13.8 Å². The molecule has 0 aliphatic carbocycles. The van der Waals surface area contributed by atoms with Crippen LogP contribution in [0.5, 0.6) is 0 Å². The van der Waals surface area contributed by atoms with Crippen molar-refractivity contribution in [3.8, 4) is 0 Å². The molecule has 0 N–H and O–H groups in total. The number of hydrogen-bond donors (Lipinski definition) is 0. The molecule has 0 aromatic rings. The SMILES string of the molecule is COC(SC)P(=O)(OC)OC. The van der Waals surface area contributed by atoms with E-state index in [9.17, 15) is 4.57 Å². The number of methoxy groups -OCH3 is 1. The van der Waals surface area contributed by atoms with Gasteiger partial charge in [0.2, 0.25) is 5.18 Å². The third-order valence-electron chi connectivity index (χ3n) is 1.17. The highest BCUT2D eigenvalue weighted by molar-refractivity contribution is 8.04. The molecule has 0 amide bonds. The van der Waals surface area contributed by atoms with E-state index in [4.69, 9.17) is 13.8 Å². The van der Waals surface area contributed by atoms with Gasteiger partial charge in [-0.3, -0.25) is 4.57 Å². The predicted octanol–water partition coefficient (Wildman–Crippen LogP) is 1.77. The fraction of sp³-hybridized carbons (Fsp3) is 1.00. The largest absolute Gasteiger partial charge is 0.368 e. The molecule has 0 fully saturated rings. The van der Waals surface area contributed by atoms with Crippen LogP contribution in [0.3, 0.4) is 0 Å². The van der Waals surface area contributed by atoms with Crippen LogP contribution in [0.4, 0.5) is 0 Å². The molecule has 0 radical (unpaired) electrons. The van der Waals surface area contributed by atoms with Crippen LogP contribution in [0.1, 0.15) is 0 Å². The lowest BCUT2D eigenvalue weighted by molar-refractivity contribution is 0.173. The van der Waals surface area contributed by atoms with Crippen LogP contribution in [0.2, 0.25) is 0 Å². The summed E-state index contributed by atoms with van der Waals surface area (Å²) in [5, 5.41) is -0.544. The first kappa shape index (κ1) is 11.5. The maximum Gasteiger partial charge on any atom is 0.368 e. The molecule has 0 rings (SSSR count). The van der Waals surface area contributed by atoms with E-state index < -0.39 is 12.8 Å². The van der Waals surface area contributed by atoms with Crippen LogP contribution in [0.25, 0.3) is 0 Å². The van der Waals surface area contributed by atoms with Crippen molar-refractivity contribution in [2.75, 3.05) is 27.6 Å². The maximum atomic E-state index is 11.5. The number of hydrogen-bond acceptors (Lipinski definition) is 5. The van der Waals surface area contributed by atoms with E-state index in [1.165, 1.54) is 33.1 Å². The zero-order valence-electron chi connectivity index (χ0n) is 7.07. The molecule has 0 heterocycles. The Labute approximate surface area is 71.1 Å². The second kappa shape index (κ2) is 5.17. The average Bonchev–Trinajstić information content (AvgIpc) is 2.06. The van der Waals surface area contributed by atoms with Crippen LogP contribution < -0.4 is 0 Å². The molecule has 4 nitrogen and oxygen atoms in total. The van der Waals surface area contributed by atoms with Crippen molar-refractivity contribution in [2.24, 2.45) is 0 Å². The number of thioether (sulfide) groups is 1. The first-order valence-corrected chi connectivity index (χ1v) is 5.81. The first-order valence-electron chi connectivity index (χ1n) is 2.91. The molecule has 1 unspecified atom stereocenters. The fourth-order valence-corrected chi connectivity index (χ4v) is 3.09. The summed E-state index contributed by atoms with van der Waals surface area (Å²) in [5.41, 5.74) is 0. The zero-order chi connectivity index (χ0) is 8.91. The monoisotopic (exact) mass is 200 g/mol. The van der Waals surface area contributed by atoms with Crippen molar-refractivity contribution in [2.45, 2.75) is 5.18 Å². The number of rotatable bonds is 5. The summed E-state index contributed by atoms with van der Waals surface area (Å²) >= 11 is 1.29. The summed E-state index contributed by atoms with van der Waals surface area (Å²) in [6.45, 7) is 0. The lowest BCUT2D eigenvalue weighted by Crippen LogP contribution is -2.08. The summed E-state index contributed by atoms with van der Waals surface area (Å²) in [6, 6.07) is 0. The number of ether oxygens (including phenoxy) is 1. The van der Waals surface area contributed by atoms with Crippen LogP contribution >= 0.6 is 19.4 Å². The fourth-order valence-electron chi connectivity index (χ4n) is 0.601. The maximum absolute atomic E-state index is 11.5. The molecule has 11 heavy (non-hydrogen) atoms. The first-order chi connectivity index (χ1) is 5.14. The minimum atomic E-state index is -3.05. The Morgan fingerprint density at radius 1 is 1.27 bits per heavy atom. The van der Waals surface area contributed by atoms with Gasteiger partial charge in [0.05, 0.1) is 0 Å². The predicted molar refractivity (Wildman–Crippen MR) is 45.9 cm³/mol. The van der Waals surface area contributed by atoms with Crippen LogP contribution in [0, 0.1) is 0 Å². The van der Waals surface area contributed by atoms with Crippen LogP contribution in [-0.4, -0.2) is 32.8 Å². The zero-order valence-corrected chi connectivity index (χ0v) is 8.78. The second-order valence-electron chi connectivity index (χ2n) is 1.68. The van der Waals surface area contributed by atoms with Crippen molar-refractivity contribution in [3.63, 3.8) is 0 Å². The molecule has 0 aromatic carbocycles. The van der Waals surface area contributed by atoms with Gasteiger partial charge in [-0.1, -0.05) is 0 Å². The Morgan fingerprint density at radius 2 is 1.73 bits per heavy atom. The Balaban J connectivity index is 4.32. The van der Waals surface area contributed by atoms with Crippen LogP contribution in [-0.2, 0) is 18.3 Å². The minimum absolute atomic E-state index is 0.544. The van der Waals surface area contributed by atoms with Gasteiger partial charge in [-0.15, -0.1) is 11.8 Å². The van der Waals surface area contributed by atoms with Gasteiger partial charge >= 0.3 is 7.60 Å². The molecule has 0 saturated carbocycles. The van der Waals surface area contributed by atoms with E-state index in [1.807, 2.05) is 0 Å². The second-order valence-corrected chi connectivity index (χ2v) is 5.21. The Hall–Kier alpha value is 0.460. The van der Waals surface area contributed by atoms with E-state index in [1.54, 1.807) is 6.26 Å². The summed E-state index contributed by atoms with van der Waals surface area (Å²) in [6.07, 6.45) is 1.78. The highest BCUT2D eigenvalue weighted by Crippen LogP contribution is 2.55. The quantitative estimate of drug-likeness (QED) is 0.500. The summed E-state index contributed by atoms with van der Waals surface area (Å²) in [4.78, 5) is 0. The normalized spacial score (nSPS) is 14.9. The highest BCUT2D eigenvalue weighted by atomic mass is 32.2. The van der Waals surface area contributed by atoms with Gasteiger partial charge in [0.25, 0.3) is 0 Å². The Kier molecular flexibility index (Phi) is 5.38. The topological polar surface area (TPSA) is 44.8 Å². The van der Waals surface area contributed by atoms with E-state index in [2.05, 4.69) is 0 Å². The van der Waals surface area contributed by atoms with Crippen molar-refractivity contribution in [3.05, 3.63) is 0 Å². The molecular formula is C5H13O4PS. The van der Waals surface area contributed by atoms with Gasteiger partial charge in [-0.2, -0.15) is 0 Å². The average molecular weight is 200 g/mol. The molecule has 68 valence electrons. The summed E-state index contributed by atoms with van der Waals surface area (Å²) in [5.74, 6) is 0. The molecule has 0 bridgehead atoms. The third kappa shape index (κ3) is 2.76. The van der Waals surface area contributed by atoms with Crippen molar-refractivity contribution in [1.29, 1.82) is 0 Å². The molecule has 0 saturated heterocycles. The highest BCUT2D eigenvalue weighted by Gasteiger charge is 2.33. The molecule has 0 aromatic heterocycles. The third-order valence-corrected chi connectivity index (χ3v) is 4.92. The van der Waals surface area contributed by atoms with Crippen molar-refractivity contribution >= 4 is 19.4 Å². The van der Waals surface area contributed by atoms with Gasteiger partial charge in [-0.25, -0.2) is 0 Å². The standard InChI is InChI=1S/C5H13O4PS/c1-7-5(11-4)10(6,8-2)9-3/h5H,1-4H3. The van der Waals surface area contributed by atoms with E-state index in [0.29, 0.717) is 0 Å². The van der Waals surface area contributed by atoms with E-state index in [0.717, 1.165) is 0 Å². The van der Waals surface area contributed by atoms with E-state index >= 15 is 0 Å². The van der Waals surface area contributed by atoms with Gasteiger partial charge in [-0.05, 0) is 6.26 Å². The smallest absolute Gasteiger partial charge is 0.359 e.